The number of nitrogens with zero attached hydrogens (tertiary/aromatic N) is 4. The Kier molecular flexibility index (Phi) is 7.51. The van der Waals surface area contributed by atoms with Crippen LogP contribution in [-0.2, 0) is 6.42 Å². The van der Waals surface area contributed by atoms with Crippen molar-refractivity contribution in [1.82, 2.24) is 14.8 Å². The molecule has 1 unspecified atom stereocenters. The summed E-state index contributed by atoms with van der Waals surface area (Å²) < 4.78 is 2.18. The minimum atomic E-state index is -0.0463. The fraction of sp³-hybridized carbons (Fsp3) is 0.464. The molecule has 1 aromatic heterocycles. The number of aliphatic imine (C=N–C) groups is 1. The van der Waals surface area contributed by atoms with Crippen LogP contribution in [0.25, 0.3) is 5.69 Å². The predicted octanol–water partition coefficient (Wildman–Crippen LogP) is 7.17. The molecule has 0 spiro atoms. The van der Waals surface area contributed by atoms with Crippen molar-refractivity contribution in [2.45, 2.75) is 84.6 Å². The predicted molar refractivity (Wildman–Crippen MR) is 133 cm³/mol. The molecule has 0 radical (unpaired) electrons. The summed E-state index contributed by atoms with van der Waals surface area (Å²) in [6.45, 7) is 6.41. The Morgan fingerprint density at radius 2 is 1.56 bits per heavy atom. The summed E-state index contributed by atoms with van der Waals surface area (Å²) in [5.74, 6) is 1.82. The van der Waals surface area contributed by atoms with E-state index < -0.39 is 0 Å². The van der Waals surface area contributed by atoms with Crippen molar-refractivity contribution in [2.24, 2.45) is 4.99 Å². The standard InChI is InChI=1S/C28H36N4/c1-4-5-6-7-8-9-10-12-15-23-18-19-26-25(20-23)27(24-16-13-11-14-17-24)29-21(2)28-31-30-22(3)32(26)28/h11,13-14,16-21H,4-10,12,15H2,1-3H3. The molecule has 2 heterocycles. The molecule has 0 fully saturated rings. The molecule has 0 amide bonds. The number of unbranched alkanes of at least 4 members (excludes halogenated alkanes) is 7. The quantitative estimate of drug-likeness (QED) is 0.321. The van der Waals surface area contributed by atoms with Crippen molar-refractivity contribution in [1.29, 1.82) is 0 Å². The highest BCUT2D eigenvalue weighted by Gasteiger charge is 2.25. The van der Waals surface area contributed by atoms with Crippen LogP contribution in [0.1, 0.15) is 99.6 Å². The van der Waals surface area contributed by atoms with Gasteiger partial charge in [0.2, 0.25) is 0 Å². The molecule has 1 aliphatic rings. The van der Waals surface area contributed by atoms with Crippen LogP contribution in [0.5, 0.6) is 0 Å². The Balaban J connectivity index is 1.56. The number of benzene rings is 2. The second-order valence-corrected chi connectivity index (χ2v) is 9.04. The van der Waals surface area contributed by atoms with Crippen molar-refractivity contribution in [3.8, 4) is 5.69 Å². The molecule has 0 saturated heterocycles. The van der Waals surface area contributed by atoms with Gasteiger partial charge >= 0.3 is 0 Å². The highest BCUT2D eigenvalue weighted by Crippen LogP contribution is 2.31. The maximum atomic E-state index is 5.12. The van der Waals surface area contributed by atoms with Crippen molar-refractivity contribution >= 4 is 5.71 Å². The lowest BCUT2D eigenvalue weighted by Gasteiger charge is -2.14. The van der Waals surface area contributed by atoms with Crippen molar-refractivity contribution < 1.29 is 0 Å². The lowest BCUT2D eigenvalue weighted by Crippen LogP contribution is -2.09. The van der Waals surface area contributed by atoms with Gasteiger partial charge in [-0.2, -0.15) is 0 Å². The van der Waals surface area contributed by atoms with Crippen LogP contribution in [0, 0.1) is 6.92 Å². The summed E-state index contributed by atoms with van der Waals surface area (Å²) in [5, 5.41) is 8.80. The second-order valence-electron chi connectivity index (χ2n) is 9.04. The fourth-order valence-electron chi connectivity index (χ4n) is 4.68. The number of hydrogen-bond donors (Lipinski definition) is 0. The maximum Gasteiger partial charge on any atom is 0.162 e. The van der Waals surface area contributed by atoms with Crippen molar-refractivity contribution in [3.63, 3.8) is 0 Å². The zero-order valence-electron chi connectivity index (χ0n) is 19.8. The minimum absolute atomic E-state index is 0.0463. The molecule has 2 aromatic carbocycles. The van der Waals surface area contributed by atoms with Crippen LogP contribution in [0.2, 0.25) is 0 Å². The molecule has 168 valence electrons. The van der Waals surface area contributed by atoms with E-state index in [4.69, 9.17) is 4.99 Å². The highest BCUT2D eigenvalue weighted by atomic mass is 15.3. The number of fused-ring (bicyclic) bond motifs is 3. The molecule has 0 aliphatic carbocycles. The zero-order valence-corrected chi connectivity index (χ0v) is 19.8. The van der Waals surface area contributed by atoms with E-state index in [0.29, 0.717) is 0 Å². The van der Waals surface area contributed by atoms with Gasteiger partial charge in [0, 0.05) is 11.1 Å². The number of hydrogen-bond acceptors (Lipinski definition) is 3. The van der Waals surface area contributed by atoms with Gasteiger partial charge in [-0.1, -0.05) is 88.3 Å². The second kappa shape index (κ2) is 10.7. The summed E-state index contributed by atoms with van der Waals surface area (Å²) >= 11 is 0. The molecule has 4 rings (SSSR count). The first-order valence-electron chi connectivity index (χ1n) is 12.4. The fourth-order valence-corrected chi connectivity index (χ4v) is 4.68. The Morgan fingerprint density at radius 1 is 0.844 bits per heavy atom. The molecule has 0 N–H and O–H groups in total. The summed E-state index contributed by atoms with van der Waals surface area (Å²) in [6, 6.07) is 17.4. The third kappa shape index (κ3) is 5.01. The van der Waals surface area contributed by atoms with Crippen LogP contribution in [-0.4, -0.2) is 20.5 Å². The van der Waals surface area contributed by atoms with E-state index in [2.05, 4.69) is 77.1 Å². The first-order chi connectivity index (χ1) is 15.7. The third-order valence-electron chi connectivity index (χ3n) is 6.47. The van der Waals surface area contributed by atoms with E-state index >= 15 is 0 Å². The Hall–Kier alpha value is -2.75. The SMILES string of the molecule is CCCCCCCCCCc1ccc2c(c1)C(c1ccccc1)=NC(C)c1nnc(C)n1-2. The molecule has 0 bridgehead atoms. The summed E-state index contributed by atoms with van der Waals surface area (Å²) in [6.07, 6.45) is 11.9. The summed E-state index contributed by atoms with van der Waals surface area (Å²) in [7, 11) is 0. The van der Waals surface area contributed by atoms with Gasteiger partial charge in [0.15, 0.2) is 5.82 Å². The van der Waals surface area contributed by atoms with E-state index in [9.17, 15) is 0 Å². The van der Waals surface area contributed by atoms with E-state index in [1.807, 2.05) is 6.92 Å². The largest absolute Gasteiger partial charge is 0.281 e. The Labute approximate surface area is 192 Å². The lowest BCUT2D eigenvalue weighted by molar-refractivity contribution is 0.575. The smallest absolute Gasteiger partial charge is 0.162 e. The van der Waals surface area contributed by atoms with Crippen LogP contribution >= 0.6 is 0 Å². The molecule has 1 aliphatic heterocycles. The summed E-state index contributed by atoms with van der Waals surface area (Å²) in [4.78, 5) is 5.12. The van der Waals surface area contributed by atoms with Crippen molar-refractivity contribution in [3.05, 3.63) is 76.9 Å². The van der Waals surface area contributed by atoms with Gasteiger partial charge in [-0.15, -0.1) is 10.2 Å². The van der Waals surface area contributed by atoms with Crippen molar-refractivity contribution in [2.75, 3.05) is 0 Å². The molecule has 4 heteroatoms. The van der Waals surface area contributed by atoms with Crippen LogP contribution in [0.3, 0.4) is 0 Å². The first kappa shape index (κ1) is 22.4. The first-order valence-corrected chi connectivity index (χ1v) is 12.4. The van der Waals surface area contributed by atoms with E-state index in [-0.39, 0.29) is 6.04 Å². The van der Waals surface area contributed by atoms with E-state index in [0.717, 1.165) is 35.0 Å². The molecule has 32 heavy (non-hydrogen) atoms. The Bertz CT molecular complexity index is 1050. The monoisotopic (exact) mass is 428 g/mol. The summed E-state index contributed by atoms with van der Waals surface area (Å²) in [5.41, 5.74) is 5.91. The zero-order chi connectivity index (χ0) is 22.3. The van der Waals surface area contributed by atoms with Gasteiger partial charge in [-0.05, 0) is 44.4 Å². The Morgan fingerprint density at radius 3 is 2.31 bits per heavy atom. The van der Waals surface area contributed by atoms with Crippen LogP contribution in [0.15, 0.2) is 53.5 Å². The number of rotatable bonds is 10. The maximum absolute atomic E-state index is 5.12. The number of aromatic nitrogens is 3. The average molecular weight is 429 g/mol. The molecular formula is C28H36N4. The normalized spacial score (nSPS) is 15.1. The van der Waals surface area contributed by atoms with Crippen LogP contribution < -0.4 is 0 Å². The molecule has 3 aromatic rings. The van der Waals surface area contributed by atoms with Crippen LogP contribution in [0.4, 0.5) is 0 Å². The highest BCUT2D eigenvalue weighted by molar-refractivity contribution is 6.15. The lowest BCUT2D eigenvalue weighted by atomic mass is 9.96. The minimum Gasteiger partial charge on any atom is -0.281 e. The van der Waals surface area contributed by atoms with E-state index in [1.165, 1.54) is 62.5 Å². The van der Waals surface area contributed by atoms with Gasteiger partial charge in [0.05, 0.1) is 11.4 Å². The third-order valence-corrected chi connectivity index (χ3v) is 6.47. The van der Waals surface area contributed by atoms with Gasteiger partial charge < -0.3 is 0 Å². The van der Waals surface area contributed by atoms with Gasteiger partial charge in [0.1, 0.15) is 11.9 Å². The number of aryl methyl sites for hydroxylation is 2. The topological polar surface area (TPSA) is 43.1 Å². The van der Waals surface area contributed by atoms with E-state index in [1.54, 1.807) is 0 Å². The average Bonchev–Trinajstić information content (AvgIpc) is 3.15. The molecule has 0 saturated carbocycles. The van der Waals surface area contributed by atoms with Gasteiger partial charge in [-0.3, -0.25) is 9.56 Å². The molecule has 1 atom stereocenters. The molecule has 4 nitrogen and oxygen atoms in total. The van der Waals surface area contributed by atoms with Gasteiger partial charge in [0.25, 0.3) is 0 Å². The van der Waals surface area contributed by atoms with Gasteiger partial charge in [-0.25, -0.2) is 0 Å². The molecular weight excluding hydrogens is 392 g/mol.